The SMILES string of the molecule is CN=C(NCCc1ccn(-c2ccc(F)cc2)n1)NCCc1c[nH]c2ccc(F)cc12.I. The van der Waals surface area contributed by atoms with Crippen molar-refractivity contribution in [3.63, 3.8) is 0 Å². The summed E-state index contributed by atoms with van der Waals surface area (Å²) in [5.74, 6) is 0.195. The summed E-state index contributed by atoms with van der Waals surface area (Å²) in [6, 6.07) is 12.9. The highest BCUT2D eigenvalue weighted by Gasteiger charge is 2.06. The van der Waals surface area contributed by atoms with Gasteiger partial charge in [0.25, 0.3) is 0 Å². The molecule has 168 valence electrons. The lowest BCUT2D eigenvalue weighted by Gasteiger charge is -2.11. The predicted octanol–water partition coefficient (Wildman–Crippen LogP) is 4.20. The van der Waals surface area contributed by atoms with Crippen molar-refractivity contribution in [3.05, 3.63) is 83.8 Å². The molecule has 0 radical (unpaired) electrons. The van der Waals surface area contributed by atoms with Crippen LogP contribution in [0.25, 0.3) is 16.6 Å². The number of rotatable bonds is 7. The Morgan fingerprint density at radius 2 is 1.72 bits per heavy atom. The van der Waals surface area contributed by atoms with E-state index in [9.17, 15) is 8.78 Å². The van der Waals surface area contributed by atoms with Crippen molar-refractivity contribution >= 4 is 40.8 Å². The maximum Gasteiger partial charge on any atom is 0.190 e. The average molecular weight is 550 g/mol. The van der Waals surface area contributed by atoms with Crippen LogP contribution < -0.4 is 10.6 Å². The number of aliphatic imine (C=N–C) groups is 1. The van der Waals surface area contributed by atoms with E-state index in [0.29, 0.717) is 19.0 Å². The number of aromatic amines is 1. The van der Waals surface area contributed by atoms with Gasteiger partial charge in [0.05, 0.1) is 11.4 Å². The van der Waals surface area contributed by atoms with Crippen molar-refractivity contribution in [2.24, 2.45) is 4.99 Å². The van der Waals surface area contributed by atoms with Crippen molar-refractivity contribution in [1.29, 1.82) is 0 Å². The van der Waals surface area contributed by atoms with E-state index in [2.05, 4.69) is 25.7 Å². The quantitative estimate of drug-likeness (QED) is 0.184. The Morgan fingerprint density at radius 3 is 2.47 bits per heavy atom. The molecule has 2 aromatic carbocycles. The van der Waals surface area contributed by atoms with Crippen LogP contribution in [-0.2, 0) is 12.8 Å². The van der Waals surface area contributed by atoms with Crippen LogP contribution in [0.3, 0.4) is 0 Å². The number of hydrogen-bond donors (Lipinski definition) is 3. The van der Waals surface area contributed by atoms with Gasteiger partial charge in [-0.15, -0.1) is 24.0 Å². The molecule has 3 N–H and O–H groups in total. The van der Waals surface area contributed by atoms with Crippen LogP contribution in [0.5, 0.6) is 0 Å². The van der Waals surface area contributed by atoms with Crippen molar-refractivity contribution in [3.8, 4) is 5.69 Å². The fourth-order valence-electron chi connectivity index (χ4n) is 3.44. The zero-order chi connectivity index (χ0) is 21.6. The van der Waals surface area contributed by atoms with Gasteiger partial charge in [-0.25, -0.2) is 13.5 Å². The first-order chi connectivity index (χ1) is 15.1. The molecule has 0 unspecified atom stereocenters. The normalized spacial score (nSPS) is 11.4. The van der Waals surface area contributed by atoms with E-state index in [1.165, 1.54) is 18.2 Å². The van der Waals surface area contributed by atoms with Gasteiger partial charge in [0.1, 0.15) is 11.6 Å². The van der Waals surface area contributed by atoms with Gasteiger partial charge in [-0.2, -0.15) is 5.10 Å². The lowest BCUT2D eigenvalue weighted by Crippen LogP contribution is -2.39. The summed E-state index contributed by atoms with van der Waals surface area (Å²) in [4.78, 5) is 7.41. The van der Waals surface area contributed by atoms with Gasteiger partial charge >= 0.3 is 0 Å². The van der Waals surface area contributed by atoms with Crippen molar-refractivity contribution in [2.45, 2.75) is 12.8 Å². The lowest BCUT2D eigenvalue weighted by atomic mass is 10.1. The van der Waals surface area contributed by atoms with Crippen LogP contribution in [0.4, 0.5) is 8.78 Å². The first-order valence-corrected chi connectivity index (χ1v) is 10.1. The van der Waals surface area contributed by atoms with Gasteiger partial charge in [-0.3, -0.25) is 4.99 Å². The summed E-state index contributed by atoms with van der Waals surface area (Å²) in [7, 11) is 1.72. The minimum absolute atomic E-state index is 0. The summed E-state index contributed by atoms with van der Waals surface area (Å²) in [6.45, 7) is 1.33. The van der Waals surface area contributed by atoms with E-state index in [1.54, 1.807) is 36.0 Å². The Kier molecular flexibility index (Phi) is 8.20. The standard InChI is InChI=1S/C23H24F2N6.HI/c1-26-23(27-11-8-16-15-29-22-7-4-18(25)14-21(16)22)28-12-9-19-10-13-31(30-19)20-5-2-17(24)3-6-20;/h2-7,10,13-15,29H,8-9,11-12H2,1H3,(H2,26,27,28);1H. The molecule has 0 saturated heterocycles. The lowest BCUT2D eigenvalue weighted by molar-refractivity contribution is 0.627. The molecule has 0 aliphatic carbocycles. The summed E-state index contributed by atoms with van der Waals surface area (Å²) >= 11 is 0. The van der Waals surface area contributed by atoms with Crippen LogP contribution in [-0.4, -0.2) is 40.9 Å². The number of fused-ring (bicyclic) bond motifs is 1. The van der Waals surface area contributed by atoms with Crippen LogP contribution in [0.2, 0.25) is 0 Å². The molecule has 4 rings (SSSR count). The van der Waals surface area contributed by atoms with Crippen LogP contribution in [0.15, 0.2) is 65.9 Å². The Labute approximate surface area is 202 Å². The zero-order valence-corrected chi connectivity index (χ0v) is 19.9. The Morgan fingerprint density at radius 1 is 1.00 bits per heavy atom. The summed E-state index contributed by atoms with van der Waals surface area (Å²) in [5, 5.41) is 12.0. The molecule has 0 aliphatic rings. The number of guanidine groups is 1. The summed E-state index contributed by atoms with van der Waals surface area (Å²) in [6.07, 6.45) is 5.24. The fraction of sp³-hybridized carbons (Fsp3) is 0.217. The first kappa shape index (κ1) is 23.7. The topological polar surface area (TPSA) is 70.0 Å². The highest BCUT2D eigenvalue weighted by molar-refractivity contribution is 14.0. The maximum absolute atomic E-state index is 13.5. The fourth-order valence-corrected chi connectivity index (χ4v) is 3.44. The second-order valence-electron chi connectivity index (χ2n) is 7.16. The van der Waals surface area contributed by atoms with Crippen LogP contribution >= 0.6 is 24.0 Å². The summed E-state index contributed by atoms with van der Waals surface area (Å²) in [5.41, 5.74) is 3.73. The maximum atomic E-state index is 13.5. The van der Waals surface area contributed by atoms with Gasteiger partial charge in [0, 0.05) is 49.9 Å². The van der Waals surface area contributed by atoms with Crippen LogP contribution in [0, 0.1) is 11.6 Å². The van der Waals surface area contributed by atoms with Crippen LogP contribution in [0.1, 0.15) is 11.3 Å². The molecule has 2 aromatic heterocycles. The number of hydrogen-bond acceptors (Lipinski definition) is 2. The number of halogens is 3. The zero-order valence-electron chi connectivity index (χ0n) is 17.6. The summed E-state index contributed by atoms with van der Waals surface area (Å²) < 4.78 is 28.3. The highest BCUT2D eigenvalue weighted by atomic mass is 127. The minimum Gasteiger partial charge on any atom is -0.361 e. The van der Waals surface area contributed by atoms with Gasteiger partial charge in [0.15, 0.2) is 5.96 Å². The molecule has 0 bridgehead atoms. The second-order valence-corrected chi connectivity index (χ2v) is 7.16. The third kappa shape index (κ3) is 5.84. The monoisotopic (exact) mass is 550 g/mol. The van der Waals surface area contributed by atoms with Crippen molar-refractivity contribution < 1.29 is 8.78 Å². The number of H-pyrrole nitrogens is 1. The van der Waals surface area contributed by atoms with Gasteiger partial charge in [-0.1, -0.05) is 0 Å². The van der Waals surface area contributed by atoms with Crippen molar-refractivity contribution in [2.75, 3.05) is 20.1 Å². The molecule has 9 heteroatoms. The molecule has 0 amide bonds. The van der Waals surface area contributed by atoms with E-state index < -0.39 is 0 Å². The number of nitrogens with one attached hydrogen (secondary N) is 3. The third-order valence-electron chi connectivity index (χ3n) is 5.05. The van der Waals surface area contributed by atoms with E-state index in [1.807, 2.05) is 18.5 Å². The molecule has 4 aromatic rings. The Bertz CT molecular complexity index is 1180. The third-order valence-corrected chi connectivity index (χ3v) is 5.05. The number of aromatic nitrogens is 3. The number of benzene rings is 2. The largest absolute Gasteiger partial charge is 0.361 e. The molecule has 0 spiro atoms. The Hall–Kier alpha value is -2.95. The van der Waals surface area contributed by atoms with Gasteiger partial charge in [-0.05, 0) is 60.5 Å². The Balaban J connectivity index is 0.00000289. The molecular weight excluding hydrogens is 525 g/mol. The smallest absolute Gasteiger partial charge is 0.190 e. The molecule has 0 fully saturated rings. The first-order valence-electron chi connectivity index (χ1n) is 10.1. The number of nitrogens with zero attached hydrogens (tertiary/aromatic N) is 3. The molecule has 0 saturated carbocycles. The molecule has 0 aliphatic heterocycles. The molecule has 2 heterocycles. The molecule has 6 nitrogen and oxygen atoms in total. The molecule has 0 atom stereocenters. The van der Waals surface area contributed by atoms with Gasteiger partial charge in [0.2, 0.25) is 0 Å². The second kappa shape index (κ2) is 11.1. The average Bonchev–Trinajstić information content (AvgIpc) is 3.40. The van der Waals surface area contributed by atoms with Crippen molar-refractivity contribution in [1.82, 2.24) is 25.4 Å². The van der Waals surface area contributed by atoms with E-state index in [0.717, 1.165) is 40.7 Å². The minimum atomic E-state index is -0.268. The molecular formula is C23H25F2IN6. The van der Waals surface area contributed by atoms with E-state index in [4.69, 9.17) is 0 Å². The predicted molar refractivity (Wildman–Crippen MR) is 134 cm³/mol. The highest BCUT2D eigenvalue weighted by Crippen LogP contribution is 2.19. The van der Waals surface area contributed by atoms with E-state index in [-0.39, 0.29) is 35.6 Å². The van der Waals surface area contributed by atoms with Gasteiger partial charge < -0.3 is 15.6 Å². The van der Waals surface area contributed by atoms with E-state index >= 15 is 0 Å². The molecule has 32 heavy (non-hydrogen) atoms.